The summed E-state index contributed by atoms with van der Waals surface area (Å²) in [7, 11) is 0. The van der Waals surface area contributed by atoms with Gasteiger partial charge in [0.15, 0.2) is 11.4 Å². The van der Waals surface area contributed by atoms with Gasteiger partial charge >= 0.3 is 6.18 Å². The molecule has 1 unspecified atom stereocenters. The fraction of sp³-hybridized carbons (Fsp3) is 0.190. The molecule has 0 radical (unpaired) electrons. The molecule has 2 heterocycles. The van der Waals surface area contributed by atoms with E-state index in [1.807, 2.05) is 0 Å². The lowest BCUT2D eigenvalue weighted by atomic mass is 9.95. The van der Waals surface area contributed by atoms with E-state index in [9.17, 15) is 22.4 Å². The summed E-state index contributed by atoms with van der Waals surface area (Å²) < 4.78 is 67.8. The Balaban J connectivity index is 1.79. The second kappa shape index (κ2) is 8.58. The molecule has 10 heteroatoms. The van der Waals surface area contributed by atoms with E-state index in [2.05, 4.69) is 15.3 Å². The number of hydrogen-bond donors (Lipinski definition) is 1. The molecule has 0 bridgehead atoms. The number of alkyl halides is 4. The van der Waals surface area contributed by atoms with Gasteiger partial charge in [-0.2, -0.15) is 13.2 Å². The van der Waals surface area contributed by atoms with Crippen molar-refractivity contribution >= 4 is 17.5 Å². The number of carbonyl (C=O) groups is 1. The maximum atomic E-state index is 15.3. The SMILES string of the molecule is CC(F)(CNC(=O)c1cccnc1C(F)(F)F)c1ccc(-c2cncc(F)c2)cc1Cl. The number of hydrogen-bond acceptors (Lipinski definition) is 3. The summed E-state index contributed by atoms with van der Waals surface area (Å²) in [6.45, 7) is 0.491. The highest BCUT2D eigenvalue weighted by Crippen LogP contribution is 2.35. The number of aromatic nitrogens is 2. The van der Waals surface area contributed by atoms with Gasteiger partial charge in [0, 0.05) is 28.5 Å². The topological polar surface area (TPSA) is 54.9 Å². The molecule has 0 fully saturated rings. The van der Waals surface area contributed by atoms with Crippen LogP contribution in [0.15, 0.2) is 55.0 Å². The van der Waals surface area contributed by atoms with Crippen molar-refractivity contribution in [3.05, 3.63) is 82.6 Å². The van der Waals surface area contributed by atoms with Crippen molar-refractivity contribution < 1.29 is 26.7 Å². The zero-order valence-electron chi connectivity index (χ0n) is 16.0. The molecule has 3 aromatic rings. The van der Waals surface area contributed by atoms with Crippen LogP contribution in [0.1, 0.15) is 28.5 Å². The molecule has 0 aliphatic heterocycles. The highest BCUT2D eigenvalue weighted by atomic mass is 35.5. The summed E-state index contributed by atoms with van der Waals surface area (Å²) in [5.74, 6) is -1.67. The third-order valence-electron chi connectivity index (χ3n) is 4.47. The first-order valence-corrected chi connectivity index (χ1v) is 9.27. The van der Waals surface area contributed by atoms with Gasteiger partial charge in [-0.3, -0.25) is 14.8 Å². The number of amides is 1. The zero-order valence-corrected chi connectivity index (χ0v) is 16.7. The fourth-order valence-electron chi connectivity index (χ4n) is 2.94. The largest absolute Gasteiger partial charge is 0.434 e. The minimum absolute atomic E-state index is 0.00151. The zero-order chi connectivity index (χ0) is 22.8. The third kappa shape index (κ3) is 5.16. The summed E-state index contributed by atoms with van der Waals surface area (Å²) in [6, 6.07) is 7.64. The molecule has 0 saturated heterocycles. The molecule has 1 N–H and O–H groups in total. The van der Waals surface area contributed by atoms with Crippen LogP contribution in [0, 0.1) is 5.82 Å². The second-order valence-electron chi connectivity index (χ2n) is 6.86. The minimum atomic E-state index is -4.84. The van der Waals surface area contributed by atoms with Crippen molar-refractivity contribution in [2.24, 2.45) is 0 Å². The van der Waals surface area contributed by atoms with Gasteiger partial charge in [0.25, 0.3) is 5.91 Å². The van der Waals surface area contributed by atoms with Gasteiger partial charge in [-0.1, -0.05) is 23.7 Å². The second-order valence-corrected chi connectivity index (χ2v) is 7.27. The Morgan fingerprint density at radius 3 is 2.48 bits per heavy atom. The molecule has 0 saturated carbocycles. The molecule has 0 aliphatic carbocycles. The summed E-state index contributed by atoms with van der Waals surface area (Å²) in [5, 5.41) is 2.16. The standard InChI is InChI=1S/C21H15ClF5N3O/c1-20(24,11-30-19(31)15-3-2-6-29-18(15)21(25,26)27)16-5-4-12(8-17(16)22)13-7-14(23)10-28-9-13/h2-10H,11H2,1H3,(H,30,31). The first-order chi connectivity index (χ1) is 14.5. The number of carbonyl (C=O) groups excluding carboxylic acids is 1. The van der Waals surface area contributed by atoms with Gasteiger partial charge in [-0.05, 0) is 36.8 Å². The van der Waals surface area contributed by atoms with E-state index in [1.54, 1.807) is 0 Å². The predicted octanol–water partition coefficient (Wildman–Crippen LogP) is 5.57. The van der Waals surface area contributed by atoms with Crippen LogP contribution in [0.4, 0.5) is 22.0 Å². The van der Waals surface area contributed by atoms with E-state index in [0.717, 1.165) is 25.4 Å². The monoisotopic (exact) mass is 455 g/mol. The molecule has 0 aliphatic rings. The quantitative estimate of drug-likeness (QED) is 0.512. The molecule has 1 atom stereocenters. The summed E-state index contributed by atoms with van der Waals surface area (Å²) in [5.41, 5.74) is -3.36. The van der Waals surface area contributed by atoms with Crippen LogP contribution >= 0.6 is 11.6 Å². The average molecular weight is 456 g/mol. The Bertz CT molecular complexity index is 1120. The summed E-state index contributed by atoms with van der Waals surface area (Å²) in [4.78, 5) is 19.2. The van der Waals surface area contributed by atoms with Crippen molar-refractivity contribution in [2.45, 2.75) is 18.8 Å². The Kier molecular flexibility index (Phi) is 6.26. The van der Waals surface area contributed by atoms with Crippen molar-refractivity contribution in [1.29, 1.82) is 0 Å². The number of benzene rings is 1. The number of rotatable bonds is 5. The minimum Gasteiger partial charge on any atom is -0.348 e. The summed E-state index contributed by atoms with van der Waals surface area (Å²) >= 11 is 6.20. The smallest absolute Gasteiger partial charge is 0.348 e. The Morgan fingerprint density at radius 1 is 1.10 bits per heavy atom. The molecule has 1 aromatic carbocycles. The van der Waals surface area contributed by atoms with E-state index < -0.39 is 41.4 Å². The predicted molar refractivity (Wildman–Crippen MR) is 105 cm³/mol. The van der Waals surface area contributed by atoms with E-state index in [4.69, 9.17) is 11.6 Å². The number of nitrogens with one attached hydrogen (secondary N) is 1. The van der Waals surface area contributed by atoms with Crippen LogP contribution in [0.2, 0.25) is 5.02 Å². The Labute approximate surface area is 179 Å². The van der Waals surface area contributed by atoms with Gasteiger partial charge < -0.3 is 5.32 Å². The lowest BCUT2D eigenvalue weighted by molar-refractivity contribution is -0.141. The fourth-order valence-corrected chi connectivity index (χ4v) is 3.32. The van der Waals surface area contributed by atoms with Crippen LogP contribution in [-0.2, 0) is 11.8 Å². The van der Waals surface area contributed by atoms with E-state index in [1.165, 1.54) is 36.5 Å². The molecule has 2 aromatic heterocycles. The third-order valence-corrected chi connectivity index (χ3v) is 4.78. The number of halogens is 6. The van der Waals surface area contributed by atoms with Gasteiger partial charge in [-0.15, -0.1) is 0 Å². The highest BCUT2D eigenvalue weighted by Gasteiger charge is 2.37. The number of pyridine rings is 2. The molecular weight excluding hydrogens is 441 g/mol. The van der Waals surface area contributed by atoms with Crippen LogP contribution in [0.25, 0.3) is 11.1 Å². The van der Waals surface area contributed by atoms with E-state index in [-0.39, 0.29) is 10.6 Å². The molecule has 1 amide bonds. The van der Waals surface area contributed by atoms with E-state index >= 15 is 4.39 Å². The summed E-state index contributed by atoms with van der Waals surface area (Å²) in [6.07, 6.45) is -1.48. The lowest BCUT2D eigenvalue weighted by Gasteiger charge is -2.23. The van der Waals surface area contributed by atoms with Gasteiger partial charge in [0.1, 0.15) is 5.82 Å². The molecular formula is C21H15ClF5N3O. The average Bonchev–Trinajstić information content (AvgIpc) is 2.71. The van der Waals surface area contributed by atoms with Crippen LogP contribution < -0.4 is 5.32 Å². The van der Waals surface area contributed by atoms with Crippen molar-refractivity contribution in [2.75, 3.05) is 6.54 Å². The first-order valence-electron chi connectivity index (χ1n) is 8.89. The molecule has 31 heavy (non-hydrogen) atoms. The molecule has 0 spiro atoms. The maximum absolute atomic E-state index is 15.3. The van der Waals surface area contributed by atoms with Gasteiger partial charge in [0.05, 0.1) is 18.3 Å². The van der Waals surface area contributed by atoms with E-state index in [0.29, 0.717) is 11.1 Å². The van der Waals surface area contributed by atoms with Crippen LogP contribution in [0.3, 0.4) is 0 Å². The van der Waals surface area contributed by atoms with Gasteiger partial charge in [0.2, 0.25) is 0 Å². The Hall–Kier alpha value is -3.07. The van der Waals surface area contributed by atoms with Gasteiger partial charge in [-0.25, -0.2) is 8.78 Å². The molecule has 4 nitrogen and oxygen atoms in total. The van der Waals surface area contributed by atoms with Crippen LogP contribution in [0.5, 0.6) is 0 Å². The highest BCUT2D eigenvalue weighted by molar-refractivity contribution is 6.31. The maximum Gasteiger partial charge on any atom is 0.434 e. The number of nitrogens with zero attached hydrogens (tertiary/aromatic N) is 2. The first kappa shape index (κ1) is 22.6. The normalized spacial score (nSPS) is 13.5. The lowest BCUT2D eigenvalue weighted by Crippen LogP contribution is -2.37. The van der Waals surface area contributed by atoms with Crippen LogP contribution in [-0.4, -0.2) is 22.4 Å². The van der Waals surface area contributed by atoms with Crippen molar-refractivity contribution in [3.8, 4) is 11.1 Å². The molecule has 162 valence electrons. The van der Waals surface area contributed by atoms with Crippen molar-refractivity contribution in [1.82, 2.24) is 15.3 Å². The molecule has 3 rings (SSSR count). The van der Waals surface area contributed by atoms with Crippen molar-refractivity contribution in [3.63, 3.8) is 0 Å². The Morgan fingerprint density at radius 2 is 1.84 bits per heavy atom.